The molecule has 0 radical (unpaired) electrons. The summed E-state index contributed by atoms with van der Waals surface area (Å²) in [4.78, 5) is 11.6. The van der Waals surface area contributed by atoms with Crippen molar-refractivity contribution in [1.29, 1.82) is 0 Å². The Morgan fingerprint density at radius 3 is 1.73 bits per heavy atom. The molecule has 0 amide bonds. The number of aliphatic hydroxyl groups is 2. The van der Waals surface area contributed by atoms with Gasteiger partial charge in [0.15, 0.2) is 0 Å². The smallest absolute Gasteiger partial charge is 0.426 e. The number of halogens is 6. The maximum absolute atomic E-state index is 13.2. The molecule has 0 saturated heterocycles. The molecule has 152 valence electrons. The fourth-order valence-corrected chi connectivity index (χ4v) is 3.16. The third-order valence-corrected chi connectivity index (χ3v) is 4.74. The molecule has 26 heavy (non-hydrogen) atoms. The molecule has 1 aliphatic carbocycles. The average Bonchev–Trinajstić information content (AvgIpc) is 2.42. The Labute approximate surface area is 146 Å². The van der Waals surface area contributed by atoms with E-state index in [1.54, 1.807) is 0 Å². The largest absolute Gasteiger partial charge is 0.459 e. The second-order valence-corrected chi connectivity index (χ2v) is 7.32. The van der Waals surface area contributed by atoms with Crippen LogP contribution in [-0.4, -0.2) is 45.8 Å². The molecule has 1 saturated carbocycles. The maximum Gasteiger partial charge on any atom is 0.426 e. The van der Waals surface area contributed by atoms with Crippen LogP contribution in [0.2, 0.25) is 0 Å². The second kappa shape index (κ2) is 7.03. The van der Waals surface area contributed by atoms with Gasteiger partial charge in [-0.3, -0.25) is 0 Å². The number of alkyl halides is 6. The molecule has 0 aliphatic heterocycles. The van der Waals surface area contributed by atoms with Crippen molar-refractivity contribution in [2.75, 3.05) is 0 Å². The topological polar surface area (TPSA) is 66.8 Å². The van der Waals surface area contributed by atoms with E-state index in [-0.39, 0.29) is 12.0 Å². The van der Waals surface area contributed by atoms with Crippen molar-refractivity contribution in [3.63, 3.8) is 0 Å². The molecule has 0 aromatic heterocycles. The molecule has 0 heterocycles. The highest BCUT2D eigenvalue weighted by Gasteiger charge is 2.74. The van der Waals surface area contributed by atoms with E-state index < -0.39 is 60.3 Å². The Morgan fingerprint density at radius 1 is 0.962 bits per heavy atom. The van der Waals surface area contributed by atoms with Crippen molar-refractivity contribution in [3.05, 3.63) is 12.2 Å². The summed E-state index contributed by atoms with van der Waals surface area (Å²) in [6, 6.07) is 0. The first-order chi connectivity index (χ1) is 11.4. The Bertz CT molecular complexity index is 532. The normalized spacial score (nSPS) is 25.7. The van der Waals surface area contributed by atoms with Gasteiger partial charge in [0.1, 0.15) is 6.10 Å². The van der Waals surface area contributed by atoms with Crippen molar-refractivity contribution < 1.29 is 46.1 Å². The van der Waals surface area contributed by atoms with Gasteiger partial charge in [-0.2, -0.15) is 26.3 Å². The predicted octanol–water partition coefficient (Wildman–Crippen LogP) is 3.52. The molecule has 2 N–H and O–H groups in total. The molecule has 0 aromatic carbocycles. The van der Waals surface area contributed by atoms with E-state index in [1.165, 1.54) is 20.8 Å². The predicted molar refractivity (Wildman–Crippen MR) is 78.9 cm³/mol. The summed E-state index contributed by atoms with van der Waals surface area (Å²) in [7, 11) is 0. The maximum atomic E-state index is 13.2. The summed E-state index contributed by atoms with van der Waals surface area (Å²) >= 11 is 0. The van der Waals surface area contributed by atoms with E-state index in [4.69, 9.17) is 4.74 Å². The van der Waals surface area contributed by atoms with Crippen LogP contribution in [0.25, 0.3) is 0 Å². The number of esters is 1. The standard InChI is InChI=1S/C16H22F6O4/c1-8(2)12(23)26-11-6-9(13(3,4)24)5-10(7-11)14(25,15(17,18)19)16(20,21)22/h9-11,24-25H,1,5-7H2,2-4H3. The van der Waals surface area contributed by atoms with Gasteiger partial charge in [0.05, 0.1) is 5.60 Å². The third kappa shape index (κ3) is 4.51. The summed E-state index contributed by atoms with van der Waals surface area (Å²) < 4.78 is 84.0. The fourth-order valence-electron chi connectivity index (χ4n) is 3.16. The summed E-state index contributed by atoms with van der Waals surface area (Å²) in [5.41, 5.74) is -6.68. The summed E-state index contributed by atoms with van der Waals surface area (Å²) in [5.74, 6) is -4.36. The number of hydrogen-bond acceptors (Lipinski definition) is 4. The molecular formula is C16H22F6O4. The van der Waals surface area contributed by atoms with Gasteiger partial charge >= 0.3 is 18.3 Å². The van der Waals surface area contributed by atoms with E-state index in [1.807, 2.05) is 0 Å². The van der Waals surface area contributed by atoms with E-state index in [2.05, 4.69) is 6.58 Å². The lowest BCUT2D eigenvalue weighted by atomic mass is 9.67. The van der Waals surface area contributed by atoms with Crippen molar-refractivity contribution in [2.45, 2.75) is 69.7 Å². The first kappa shape index (κ1) is 22.8. The lowest BCUT2D eigenvalue weighted by Gasteiger charge is -2.46. The van der Waals surface area contributed by atoms with Crippen LogP contribution in [0.4, 0.5) is 26.3 Å². The molecule has 0 bridgehead atoms. The zero-order chi connectivity index (χ0) is 20.7. The molecule has 3 atom stereocenters. The first-order valence-corrected chi connectivity index (χ1v) is 7.86. The van der Waals surface area contributed by atoms with E-state index in [0.717, 1.165) is 0 Å². The SMILES string of the molecule is C=C(C)C(=O)OC1CC(C(C)(C)O)CC(C(O)(C(F)(F)F)C(F)(F)F)C1. The number of rotatable bonds is 4. The lowest BCUT2D eigenvalue weighted by molar-refractivity contribution is -0.390. The first-order valence-electron chi connectivity index (χ1n) is 7.86. The van der Waals surface area contributed by atoms with Gasteiger partial charge in [-0.05, 0) is 46.0 Å². The van der Waals surface area contributed by atoms with Crippen LogP contribution < -0.4 is 0 Å². The molecule has 1 rings (SSSR count). The summed E-state index contributed by atoms with van der Waals surface area (Å²) in [6.07, 6.45) is -15.0. The van der Waals surface area contributed by atoms with Crippen LogP contribution in [0.3, 0.4) is 0 Å². The number of carbonyl (C=O) groups excluding carboxylic acids is 1. The minimum atomic E-state index is -5.99. The van der Waals surface area contributed by atoms with E-state index in [9.17, 15) is 41.4 Å². The van der Waals surface area contributed by atoms with Crippen molar-refractivity contribution >= 4 is 5.97 Å². The number of ether oxygens (including phenoxy) is 1. The van der Waals surface area contributed by atoms with E-state index in [0.29, 0.717) is 0 Å². The van der Waals surface area contributed by atoms with Gasteiger partial charge in [-0.25, -0.2) is 4.79 Å². The monoisotopic (exact) mass is 392 g/mol. The lowest BCUT2D eigenvalue weighted by Crippen LogP contribution is -2.63. The average molecular weight is 392 g/mol. The van der Waals surface area contributed by atoms with E-state index >= 15 is 0 Å². The number of carbonyl (C=O) groups is 1. The molecule has 10 heteroatoms. The summed E-state index contributed by atoms with van der Waals surface area (Å²) in [6.45, 7) is 7.05. The van der Waals surface area contributed by atoms with Gasteiger partial charge < -0.3 is 14.9 Å². The molecule has 1 aliphatic rings. The van der Waals surface area contributed by atoms with Crippen molar-refractivity contribution in [1.82, 2.24) is 0 Å². The Hall–Kier alpha value is -1.29. The fraction of sp³-hybridized carbons (Fsp3) is 0.812. The van der Waals surface area contributed by atoms with Crippen LogP contribution in [0.5, 0.6) is 0 Å². The minimum Gasteiger partial charge on any atom is -0.459 e. The van der Waals surface area contributed by atoms with Crippen LogP contribution >= 0.6 is 0 Å². The molecular weight excluding hydrogens is 370 g/mol. The Morgan fingerprint density at radius 2 is 1.38 bits per heavy atom. The Balaban J connectivity index is 3.30. The van der Waals surface area contributed by atoms with Gasteiger partial charge in [-0.1, -0.05) is 6.58 Å². The highest BCUT2D eigenvalue weighted by atomic mass is 19.4. The zero-order valence-corrected chi connectivity index (χ0v) is 14.5. The molecule has 4 nitrogen and oxygen atoms in total. The summed E-state index contributed by atoms with van der Waals surface area (Å²) in [5, 5.41) is 19.8. The number of hydrogen-bond donors (Lipinski definition) is 2. The molecule has 3 unspecified atom stereocenters. The zero-order valence-electron chi connectivity index (χ0n) is 14.5. The van der Waals surface area contributed by atoms with Gasteiger partial charge in [-0.15, -0.1) is 0 Å². The van der Waals surface area contributed by atoms with Crippen LogP contribution in [0, 0.1) is 11.8 Å². The van der Waals surface area contributed by atoms with Crippen molar-refractivity contribution in [3.8, 4) is 0 Å². The van der Waals surface area contributed by atoms with Gasteiger partial charge in [0.25, 0.3) is 5.60 Å². The molecule has 0 aromatic rings. The Kier molecular flexibility index (Phi) is 6.15. The van der Waals surface area contributed by atoms with Crippen LogP contribution in [-0.2, 0) is 9.53 Å². The molecule has 0 spiro atoms. The minimum absolute atomic E-state index is 0.0752. The van der Waals surface area contributed by atoms with Crippen molar-refractivity contribution in [2.24, 2.45) is 11.8 Å². The van der Waals surface area contributed by atoms with Gasteiger partial charge in [0, 0.05) is 11.5 Å². The van der Waals surface area contributed by atoms with Crippen LogP contribution in [0.1, 0.15) is 40.0 Å². The highest BCUT2D eigenvalue weighted by Crippen LogP contribution is 2.53. The van der Waals surface area contributed by atoms with Crippen LogP contribution in [0.15, 0.2) is 12.2 Å². The third-order valence-electron chi connectivity index (χ3n) is 4.74. The van der Waals surface area contributed by atoms with Gasteiger partial charge in [0.2, 0.25) is 0 Å². The molecule has 1 fully saturated rings. The highest BCUT2D eigenvalue weighted by molar-refractivity contribution is 5.87. The second-order valence-electron chi connectivity index (χ2n) is 7.32. The quantitative estimate of drug-likeness (QED) is 0.437.